The SMILES string of the molecule is CC1(C)OB(C2CC2c2cncc(F)c2)OC1(C)C. The Morgan fingerprint density at radius 2 is 1.84 bits per heavy atom. The van der Waals surface area contributed by atoms with Crippen molar-refractivity contribution in [1.29, 1.82) is 0 Å². The third-order valence-electron chi connectivity index (χ3n) is 4.62. The molecule has 1 saturated heterocycles. The van der Waals surface area contributed by atoms with Gasteiger partial charge in [0.05, 0.1) is 17.4 Å². The van der Waals surface area contributed by atoms with Crippen LogP contribution in [0.1, 0.15) is 45.6 Å². The predicted octanol–water partition coefficient (Wildman–Crippen LogP) is 3.17. The summed E-state index contributed by atoms with van der Waals surface area (Å²) in [5.41, 5.74) is 0.343. The lowest BCUT2D eigenvalue weighted by Crippen LogP contribution is -2.41. The molecule has 19 heavy (non-hydrogen) atoms. The van der Waals surface area contributed by atoms with Crippen LogP contribution in [0.4, 0.5) is 4.39 Å². The van der Waals surface area contributed by atoms with Gasteiger partial charge in [0.2, 0.25) is 0 Å². The second-order valence-electron chi connectivity index (χ2n) is 6.57. The Kier molecular flexibility index (Phi) is 2.77. The van der Waals surface area contributed by atoms with E-state index in [4.69, 9.17) is 9.31 Å². The summed E-state index contributed by atoms with van der Waals surface area (Å²) in [5, 5.41) is 0. The summed E-state index contributed by atoms with van der Waals surface area (Å²) in [6.07, 6.45) is 3.94. The number of halogens is 1. The van der Waals surface area contributed by atoms with Crippen molar-refractivity contribution >= 4 is 7.12 Å². The quantitative estimate of drug-likeness (QED) is 0.768. The number of nitrogens with zero attached hydrogens (tertiary/aromatic N) is 1. The first kappa shape index (κ1) is 13.1. The topological polar surface area (TPSA) is 31.4 Å². The third kappa shape index (κ3) is 2.19. The maximum atomic E-state index is 13.2. The first-order valence-corrected chi connectivity index (χ1v) is 6.76. The molecule has 1 saturated carbocycles. The zero-order valence-electron chi connectivity index (χ0n) is 11.8. The summed E-state index contributed by atoms with van der Waals surface area (Å²) < 4.78 is 25.2. The minimum absolute atomic E-state index is 0.196. The fourth-order valence-corrected chi connectivity index (χ4v) is 2.59. The van der Waals surface area contributed by atoms with Crippen molar-refractivity contribution in [3.8, 4) is 0 Å². The van der Waals surface area contributed by atoms with Gasteiger partial charge in [0.15, 0.2) is 0 Å². The van der Waals surface area contributed by atoms with Crippen LogP contribution in [0.3, 0.4) is 0 Å². The van der Waals surface area contributed by atoms with Crippen LogP contribution in [0.5, 0.6) is 0 Å². The number of pyridine rings is 1. The summed E-state index contributed by atoms with van der Waals surface area (Å²) in [5.74, 6) is 0.333. The Labute approximate surface area is 113 Å². The minimum Gasteiger partial charge on any atom is -0.403 e. The second-order valence-corrected chi connectivity index (χ2v) is 6.57. The average Bonchev–Trinajstić information content (AvgIpc) is 3.03. The van der Waals surface area contributed by atoms with Crippen molar-refractivity contribution < 1.29 is 13.7 Å². The monoisotopic (exact) mass is 263 g/mol. The summed E-state index contributed by atoms with van der Waals surface area (Å²) in [6, 6.07) is 1.56. The van der Waals surface area contributed by atoms with Gasteiger partial charge in [-0.1, -0.05) is 0 Å². The number of rotatable bonds is 2. The summed E-state index contributed by atoms with van der Waals surface area (Å²) in [4.78, 5) is 3.91. The number of hydrogen-bond donors (Lipinski definition) is 0. The van der Waals surface area contributed by atoms with E-state index in [-0.39, 0.29) is 24.1 Å². The lowest BCUT2D eigenvalue weighted by Gasteiger charge is -2.32. The second kappa shape index (κ2) is 4.03. The number of aromatic nitrogens is 1. The smallest absolute Gasteiger partial charge is 0.403 e. The van der Waals surface area contributed by atoms with E-state index in [1.807, 2.05) is 27.7 Å². The van der Waals surface area contributed by atoms with Crippen molar-refractivity contribution in [3.05, 3.63) is 29.8 Å². The van der Waals surface area contributed by atoms with E-state index in [9.17, 15) is 4.39 Å². The van der Waals surface area contributed by atoms with Crippen molar-refractivity contribution in [1.82, 2.24) is 4.98 Å². The Bertz CT molecular complexity index is 490. The number of hydrogen-bond acceptors (Lipinski definition) is 3. The third-order valence-corrected chi connectivity index (χ3v) is 4.62. The molecule has 2 aliphatic rings. The van der Waals surface area contributed by atoms with E-state index in [0.29, 0.717) is 11.7 Å². The molecule has 3 rings (SSSR count). The summed E-state index contributed by atoms with van der Waals surface area (Å²) >= 11 is 0. The van der Waals surface area contributed by atoms with Gasteiger partial charge in [-0.15, -0.1) is 0 Å². The van der Waals surface area contributed by atoms with Gasteiger partial charge in [-0.05, 0) is 51.7 Å². The van der Waals surface area contributed by atoms with E-state index < -0.39 is 0 Å². The minimum atomic E-state index is -0.301. The van der Waals surface area contributed by atoms with Crippen LogP contribution in [-0.2, 0) is 9.31 Å². The average molecular weight is 263 g/mol. The highest BCUT2D eigenvalue weighted by molar-refractivity contribution is 6.49. The molecule has 3 nitrogen and oxygen atoms in total. The summed E-state index contributed by atoms with van der Waals surface area (Å²) in [6.45, 7) is 8.20. The molecule has 102 valence electrons. The molecule has 0 radical (unpaired) electrons. The van der Waals surface area contributed by atoms with Crippen molar-refractivity contribution in [2.24, 2.45) is 0 Å². The molecular weight excluding hydrogens is 244 g/mol. The van der Waals surface area contributed by atoms with E-state index in [1.54, 1.807) is 12.3 Å². The molecule has 0 aromatic carbocycles. The molecule has 1 aliphatic carbocycles. The molecule has 0 N–H and O–H groups in total. The van der Waals surface area contributed by atoms with Gasteiger partial charge in [-0.3, -0.25) is 4.98 Å². The van der Waals surface area contributed by atoms with Crippen LogP contribution < -0.4 is 0 Å². The van der Waals surface area contributed by atoms with Crippen LogP contribution in [0.2, 0.25) is 5.82 Å². The van der Waals surface area contributed by atoms with Gasteiger partial charge in [-0.2, -0.15) is 0 Å². The van der Waals surface area contributed by atoms with Gasteiger partial charge in [0.25, 0.3) is 0 Å². The molecule has 2 heterocycles. The molecule has 1 aromatic rings. The Morgan fingerprint density at radius 3 is 2.42 bits per heavy atom. The van der Waals surface area contributed by atoms with E-state index >= 15 is 0 Å². The maximum Gasteiger partial charge on any atom is 0.461 e. The summed E-state index contributed by atoms with van der Waals surface area (Å²) in [7, 11) is -0.196. The first-order valence-electron chi connectivity index (χ1n) is 6.76. The molecule has 2 atom stereocenters. The fourth-order valence-electron chi connectivity index (χ4n) is 2.59. The van der Waals surface area contributed by atoms with Crippen LogP contribution in [0.15, 0.2) is 18.5 Å². The van der Waals surface area contributed by atoms with Crippen LogP contribution in [0.25, 0.3) is 0 Å². The van der Waals surface area contributed by atoms with Crippen molar-refractivity contribution in [2.45, 2.75) is 57.1 Å². The van der Waals surface area contributed by atoms with Gasteiger partial charge in [0, 0.05) is 12.0 Å². The predicted molar refractivity (Wildman–Crippen MR) is 71.4 cm³/mol. The molecular formula is C14H19BFNO2. The standard InChI is InChI=1S/C14H19BFNO2/c1-13(2)14(3,4)19-15(18-13)12-6-11(12)9-5-10(16)8-17-7-9/h5,7-8,11-12H,6H2,1-4H3. The Morgan fingerprint density at radius 1 is 1.21 bits per heavy atom. The molecule has 1 aromatic heterocycles. The first-order chi connectivity index (χ1) is 8.80. The Balaban J connectivity index is 1.72. The van der Waals surface area contributed by atoms with E-state index in [1.165, 1.54) is 6.20 Å². The molecule has 5 heteroatoms. The largest absolute Gasteiger partial charge is 0.461 e. The maximum absolute atomic E-state index is 13.2. The highest BCUT2D eigenvalue weighted by Crippen LogP contribution is 2.58. The highest BCUT2D eigenvalue weighted by Gasteiger charge is 2.59. The fraction of sp³-hybridized carbons (Fsp3) is 0.643. The zero-order valence-corrected chi connectivity index (χ0v) is 11.8. The highest BCUT2D eigenvalue weighted by atomic mass is 19.1. The van der Waals surface area contributed by atoms with E-state index in [0.717, 1.165) is 12.0 Å². The van der Waals surface area contributed by atoms with Crippen LogP contribution in [-0.4, -0.2) is 23.3 Å². The molecule has 0 amide bonds. The van der Waals surface area contributed by atoms with Gasteiger partial charge in [-0.25, -0.2) is 4.39 Å². The van der Waals surface area contributed by atoms with E-state index in [2.05, 4.69) is 4.98 Å². The van der Waals surface area contributed by atoms with Crippen LogP contribution >= 0.6 is 0 Å². The van der Waals surface area contributed by atoms with Crippen molar-refractivity contribution in [2.75, 3.05) is 0 Å². The molecule has 1 aliphatic heterocycles. The lowest BCUT2D eigenvalue weighted by atomic mass is 9.80. The molecule has 0 spiro atoms. The molecule has 2 unspecified atom stereocenters. The normalized spacial score (nSPS) is 31.5. The Hall–Kier alpha value is -0.935. The molecule has 2 fully saturated rings. The van der Waals surface area contributed by atoms with Gasteiger partial charge < -0.3 is 9.31 Å². The van der Waals surface area contributed by atoms with Gasteiger partial charge >= 0.3 is 7.12 Å². The zero-order chi connectivity index (χ0) is 13.8. The molecule has 0 bridgehead atoms. The van der Waals surface area contributed by atoms with Crippen molar-refractivity contribution in [3.63, 3.8) is 0 Å². The van der Waals surface area contributed by atoms with Gasteiger partial charge in [0.1, 0.15) is 5.82 Å². The van der Waals surface area contributed by atoms with Crippen LogP contribution in [0, 0.1) is 5.82 Å². The lowest BCUT2D eigenvalue weighted by molar-refractivity contribution is 0.00578.